The summed E-state index contributed by atoms with van der Waals surface area (Å²) in [4.78, 5) is 8.92. The monoisotopic (exact) mass is 343 g/mol. The van der Waals surface area contributed by atoms with Crippen LogP contribution in [0.5, 0.6) is 0 Å². The molecule has 0 spiro atoms. The minimum atomic E-state index is 0.1000. The summed E-state index contributed by atoms with van der Waals surface area (Å²) in [5.74, 6) is 0.804. The average Bonchev–Trinajstić information content (AvgIpc) is 3.14. The Hall–Kier alpha value is -3.21. The van der Waals surface area contributed by atoms with E-state index in [0.29, 0.717) is 0 Å². The van der Waals surface area contributed by atoms with Gasteiger partial charge in [-0.1, -0.05) is 60.7 Å². The fraction of sp³-hybridized carbons (Fsp3) is 0.190. The first kappa shape index (κ1) is 16.3. The number of aromatic nitrogens is 4. The Kier molecular flexibility index (Phi) is 4.35. The molecule has 2 aromatic carbocycles. The van der Waals surface area contributed by atoms with Gasteiger partial charge in [-0.15, -0.1) is 0 Å². The van der Waals surface area contributed by atoms with E-state index in [4.69, 9.17) is 0 Å². The molecule has 26 heavy (non-hydrogen) atoms. The summed E-state index contributed by atoms with van der Waals surface area (Å²) in [5, 5.41) is 9.00. The van der Waals surface area contributed by atoms with E-state index in [0.717, 1.165) is 16.9 Å². The summed E-state index contributed by atoms with van der Waals surface area (Å²) < 4.78 is 1.95. The molecule has 0 aliphatic carbocycles. The highest BCUT2D eigenvalue weighted by Crippen LogP contribution is 2.27. The molecule has 0 radical (unpaired) electrons. The van der Waals surface area contributed by atoms with Gasteiger partial charge >= 0.3 is 0 Å². The molecule has 130 valence electrons. The molecule has 0 saturated carbocycles. The van der Waals surface area contributed by atoms with Crippen LogP contribution in [-0.4, -0.2) is 19.7 Å². The van der Waals surface area contributed by atoms with Gasteiger partial charge in [0, 0.05) is 6.04 Å². The van der Waals surface area contributed by atoms with Gasteiger partial charge in [-0.3, -0.25) is 0 Å². The SMILES string of the molecule is CC(Nc1ncnc2c1cnn2C(C)c1ccccc1)c1ccccc1. The Balaban J connectivity index is 1.67. The lowest BCUT2D eigenvalue weighted by molar-refractivity contribution is 0.579. The van der Waals surface area contributed by atoms with Crippen molar-refractivity contribution in [2.45, 2.75) is 25.9 Å². The molecule has 2 unspecified atom stereocenters. The molecule has 0 bridgehead atoms. The lowest BCUT2D eigenvalue weighted by Crippen LogP contribution is -2.10. The van der Waals surface area contributed by atoms with Crippen LogP contribution in [-0.2, 0) is 0 Å². The number of anilines is 1. The van der Waals surface area contributed by atoms with Crippen LogP contribution in [0.3, 0.4) is 0 Å². The van der Waals surface area contributed by atoms with Gasteiger partial charge < -0.3 is 5.32 Å². The van der Waals surface area contributed by atoms with Crippen molar-refractivity contribution in [3.05, 3.63) is 84.3 Å². The maximum absolute atomic E-state index is 4.59. The van der Waals surface area contributed by atoms with Crippen LogP contribution in [0.2, 0.25) is 0 Å². The highest BCUT2D eigenvalue weighted by atomic mass is 15.3. The second kappa shape index (κ2) is 6.96. The van der Waals surface area contributed by atoms with Gasteiger partial charge in [-0.05, 0) is 25.0 Å². The number of fused-ring (bicyclic) bond motifs is 1. The lowest BCUT2D eigenvalue weighted by atomic mass is 10.1. The molecular formula is C21H21N5. The Morgan fingerprint density at radius 1 is 0.846 bits per heavy atom. The molecule has 5 heteroatoms. The highest BCUT2D eigenvalue weighted by Gasteiger charge is 2.16. The van der Waals surface area contributed by atoms with Crippen LogP contribution < -0.4 is 5.32 Å². The van der Waals surface area contributed by atoms with Crippen LogP contribution in [0.1, 0.15) is 37.1 Å². The standard InChI is InChI=1S/C21H21N5/c1-15(17-9-5-3-6-10-17)25-20-19-13-24-26(21(19)23-14-22-20)16(2)18-11-7-4-8-12-18/h3-16H,1-2H3,(H,22,23,25). The molecule has 4 rings (SSSR count). The topological polar surface area (TPSA) is 55.6 Å². The summed E-state index contributed by atoms with van der Waals surface area (Å²) in [6.45, 7) is 4.25. The molecule has 0 fully saturated rings. The van der Waals surface area contributed by atoms with Crippen LogP contribution in [0.4, 0.5) is 5.82 Å². The predicted molar refractivity (Wildman–Crippen MR) is 104 cm³/mol. The van der Waals surface area contributed by atoms with E-state index < -0.39 is 0 Å². The van der Waals surface area contributed by atoms with Gasteiger partial charge in [0.1, 0.15) is 12.1 Å². The predicted octanol–water partition coefficient (Wildman–Crippen LogP) is 4.61. The zero-order chi connectivity index (χ0) is 17.9. The summed E-state index contributed by atoms with van der Waals surface area (Å²) in [6, 6.07) is 20.9. The molecule has 5 nitrogen and oxygen atoms in total. The van der Waals surface area contributed by atoms with Crippen molar-refractivity contribution in [3.63, 3.8) is 0 Å². The van der Waals surface area contributed by atoms with Crippen molar-refractivity contribution in [2.75, 3.05) is 5.32 Å². The van der Waals surface area contributed by atoms with E-state index in [1.807, 2.05) is 47.3 Å². The minimum absolute atomic E-state index is 0.1000. The van der Waals surface area contributed by atoms with Crippen molar-refractivity contribution < 1.29 is 0 Å². The van der Waals surface area contributed by atoms with E-state index in [1.54, 1.807) is 6.33 Å². The first-order valence-electron chi connectivity index (χ1n) is 8.78. The number of benzene rings is 2. The van der Waals surface area contributed by atoms with Gasteiger partial charge in [-0.25, -0.2) is 14.6 Å². The Bertz CT molecular complexity index is 995. The quantitative estimate of drug-likeness (QED) is 0.575. The molecule has 2 heterocycles. The zero-order valence-corrected chi connectivity index (χ0v) is 14.9. The summed E-state index contributed by atoms with van der Waals surface area (Å²) in [6.07, 6.45) is 3.44. The molecule has 2 aromatic heterocycles. The van der Waals surface area contributed by atoms with Gasteiger partial charge in [0.25, 0.3) is 0 Å². The molecule has 1 N–H and O–H groups in total. The largest absolute Gasteiger partial charge is 0.363 e. The third-order valence-corrected chi connectivity index (χ3v) is 4.69. The second-order valence-electron chi connectivity index (χ2n) is 6.41. The third kappa shape index (κ3) is 3.04. The van der Waals surface area contributed by atoms with Gasteiger partial charge in [0.05, 0.1) is 17.6 Å². The maximum atomic E-state index is 4.59. The Morgan fingerprint density at radius 3 is 2.19 bits per heavy atom. The fourth-order valence-corrected chi connectivity index (χ4v) is 3.16. The maximum Gasteiger partial charge on any atom is 0.163 e. The highest BCUT2D eigenvalue weighted by molar-refractivity contribution is 5.86. The number of hydrogen-bond acceptors (Lipinski definition) is 4. The lowest BCUT2D eigenvalue weighted by Gasteiger charge is -2.16. The molecule has 0 aliphatic heterocycles. The van der Waals surface area contributed by atoms with Crippen molar-refractivity contribution in [1.29, 1.82) is 0 Å². The average molecular weight is 343 g/mol. The van der Waals surface area contributed by atoms with Crippen molar-refractivity contribution in [2.24, 2.45) is 0 Å². The molecule has 4 aromatic rings. The van der Waals surface area contributed by atoms with E-state index in [9.17, 15) is 0 Å². The van der Waals surface area contributed by atoms with Gasteiger partial charge in [0.15, 0.2) is 5.65 Å². The zero-order valence-electron chi connectivity index (χ0n) is 14.9. The van der Waals surface area contributed by atoms with Crippen LogP contribution >= 0.6 is 0 Å². The molecule has 0 amide bonds. The van der Waals surface area contributed by atoms with Crippen LogP contribution in [0.25, 0.3) is 11.0 Å². The molecule has 0 aliphatic rings. The van der Waals surface area contributed by atoms with E-state index in [2.05, 4.69) is 58.5 Å². The van der Waals surface area contributed by atoms with Crippen LogP contribution in [0.15, 0.2) is 73.2 Å². The smallest absolute Gasteiger partial charge is 0.163 e. The van der Waals surface area contributed by atoms with Crippen molar-refractivity contribution >= 4 is 16.9 Å². The second-order valence-corrected chi connectivity index (χ2v) is 6.41. The van der Waals surface area contributed by atoms with Crippen LogP contribution in [0, 0.1) is 0 Å². The third-order valence-electron chi connectivity index (χ3n) is 4.69. The first-order chi connectivity index (χ1) is 12.7. The number of hydrogen-bond donors (Lipinski definition) is 1. The number of rotatable bonds is 5. The van der Waals surface area contributed by atoms with Gasteiger partial charge in [0.2, 0.25) is 0 Å². The molecule has 0 saturated heterocycles. The first-order valence-corrected chi connectivity index (χ1v) is 8.78. The van der Waals surface area contributed by atoms with E-state index in [1.165, 1.54) is 11.1 Å². The molecule has 2 atom stereocenters. The Labute approximate surface area is 152 Å². The summed E-state index contributed by atoms with van der Waals surface area (Å²) >= 11 is 0. The fourth-order valence-electron chi connectivity index (χ4n) is 3.16. The number of nitrogens with zero attached hydrogens (tertiary/aromatic N) is 4. The summed E-state index contributed by atoms with van der Waals surface area (Å²) in [7, 11) is 0. The Morgan fingerprint density at radius 2 is 1.50 bits per heavy atom. The minimum Gasteiger partial charge on any atom is -0.363 e. The normalized spacial score (nSPS) is 13.5. The van der Waals surface area contributed by atoms with Crippen molar-refractivity contribution in [1.82, 2.24) is 19.7 Å². The van der Waals surface area contributed by atoms with E-state index >= 15 is 0 Å². The molecular weight excluding hydrogens is 322 g/mol. The van der Waals surface area contributed by atoms with Gasteiger partial charge in [-0.2, -0.15) is 5.10 Å². The van der Waals surface area contributed by atoms with Crippen molar-refractivity contribution in [3.8, 4) is 0 Å². The number of nitrogens with one attached hydrogen (secondary N) is 1. The van der Waals surface area contributed by atoms with E-state index in [-0.39, 0.29) is 12.1 Å². The summed E-state index contributed by atoms with van der Waals surface area (Å²) in [5.41, 5.74) is 3.24.